The molecule has 12 heavy (non-hydrogen) atoms. The Balaban J connectivity index is 2.54. The van der Waals surface area contributed by atoms with Gasteiger partial charge in [0.05, 0.1) is 0 Å². The van der Waals surface area contributed by atoms with Gasteiger partial charge in [0.15, 0.2) is 0 Å². The standard InChI is InChI=1S/C9H19NOS/c1-2-8-12(10,11)9-6-4-3-5-7-9/h9-10H,2-8H2,1H3/t12-/m0/s1. The first-order valence-electron chi connectivity index (χ1n) is 4.92. The van der Waals surface area contributed by atoms with Gasteiger partial charge in [-0.05, 0) is 19.3 Å². The Bertz CT molecular complexity index is 215. The molecule has 0 aromatic carbocycles. The largest absolute Gasteiger partial charge is 0.253 e. The number of hydrogen-bond donors (Lipinski definition) is 1. The van der Waals surface area contributed by atoms with Crippen LogP contribution < -0.4 is 0 Å². The molecule has 0 amide bonds. The highest BCUT2D eigenvalue weighted by Gasteiger charge is 2.22. The Morgan fingerprint density at radius 3 is 2.42 bits per heavy atom. The fraction of sp³-hybridized carbons (Fsp3) is 1.00. The molecule has 0 saturated heterocycles. The van der Waals surface area contributed by atoms with Gasteiger partial charge in [0, 0.05) is 20.7 Å². The van der Waals surface area contributed by atoms with Crippen LogP contribution in [0, 0.1) is 4.78 Å². The first-order chi connectivity index (χ1) is 5.67. The molecule has 3 heteroatoms. The van der Waals surface area contributed by atoms with Crippen LogP contribution in [0.5, 0.6) is 0 Å². The minimum Gasteiger partial charge on any atom is -0.253 e. The first kappa shape index (κ1) is 10.0. The predicted molar refractivity (Wildman–Crippen MR) is 52.9 cm³/mol. The zero-order chi connectivity index (χ0) is 9.03. The zero-order valence-corrected chi connectivity index (χ0v) is 8.66. The molecule has 1 rings (SSSR count). The molecule has 0 spiro atoms. The van der Waals surface area contributed by atoms with E-state index in [0.717, 1.165) is 19.3 Å². The van der Waals surface area contributed by atoms with Crippen LogP contribution in [0.2, 0.25) is 0 Å². The Hall–Kier alpha value is -0.0500. The lowest BCUT2D eigenvalue weighted by Crippen LogP contribution is -2.24. The monoisotopic (exact) mass is 189 g/mol. The van der Waals surface area contributed by atoms with E-state index in [-0.39, 0.29) is 5.25 Å². The SMILES string of the molecule is CCC[S@](=N)(=O)C1CCCCC1. The Morgan fingerprint density at radius 2 is 1.92 bits per heavy atom. The lowest BCUT2D eigenvalue weighted by Gasteiger charge is -2.23. The molecule has 72 valence electrons. The van der Waals surface area contributed by atoms with Crippen LogP contribution >= 0.6 is 0 Å². The molecule has 0 radical (unpaired) electrons. The summed E-state index contributed by atoms with van der Waals surface area (Å²) < 4.78 is 19.6. The topological polar surface area (TPSA) is 40.9 Å². The molecule has 2 nitrogen and oxygen atoms in total. The van der Waals surface area contributed by atoms with Crippen molar-refractivity contribution in [2.24, 2.45) is 0 Å². The van der Waals surface area contributed by atoms with E-state index in [1.807, 2.05) is 6.92 Å². The summed E-state index contributed by atoms with van der Waals surface area (Å²) in [7, 11) is -2.23. The third-order valence-corrected chi connectivity index (χ3v) is 5.16. The van der Waals surface area contributed by atoms with E-state index in [0.29, 0.717) is 5.75 Å². The first-order valence-corrected chi connectivity index (χ1v) is 6.71. The van der Waals surface area contributed by atoms with Crippen molar-refractivity contribution in [1.29, 1.82) is 4.78 Å². The van der Waals surface area contributed by atoms with Gasteiger partial charge < -0.3 is 0 Å². The van der Waals surface area contributed by atoms with Crippen LogP contribution in [-0.2, 0) is 9.73 Å². The molecular weight excluding hydrogens is 170 g/mol. The van der Waals surface area contributed by atoms with E-state index in [4.69, 9.17) is 4.78 Å². The van der Waals surface area contributed by atoms with Crippen molar-refractivity contribution in [2.75, 3.05) is 5.75 Å². The third-order valence-electron chi connectivity index (χ3n) is 2.60. The van der Waals surface area contributed by atoms with Gasteiger partial charge in [0.2, 0.25) is 0 Å². The summed E-state index contributed by atoms with van der Waals surface area (Å²) in [6, 6.07) is 0. The van der Waals surface area contributed by atoms with Gasteiger partial charge >= 0.3 is 0 Å². The van der Waals surface area contributed by atoms with Crippen LogP contribution in [0.4, 0.5) is 0 Å². The van der Waals surface area contributed by atoms with E-state index in [1.54, 1.807) is 0 Å². The maximum Gasteiger partial charge on any atom is 0.0470 e. The molecule has 0 aromatic heterocycles. The van der Waals surface area contributed by atoms with E-state index in [2.05, 4.69) is 0 Å². The van der Waals surface area contributed by atoms with Crippen molar-refractivity contribution in [1.82, 2.24) is 0 Å². The van der Waals surface area contributed by atoms with Crippen molar-refractivity contribution in [3.8, 4) is 0 Å². The Labute approximate surface area is 75.7 Å². The molecule has 1 N–H and O–H groups in total. The van der Waals surface area contributed by atoms with E-state index < -0.39 is 9.73 Å². The fourth-order valence-electron chi connectivity index (χ4n) is 1.92. The average molecular weight is 189 g/mol. The Kier molecular flexibility index (Phi) is 3.56. The Morgan fingerprint density at radius 1 is 1.33 bits per heavy atom. The van der Waals surface area contributed by atoms with E-state index in [9.17, 15) is 4.21 Å². The van der Waals surface area contributed by atoms with Crippen molar-refractivity contribution in [3.05, 3.63) is 0 Å². The summed E-state index contributed by atoms with van der Waals surface area (Å²) in [6.45, 7) is 2.01. The maximum absolute atomic E-state index is 11.8. The molecular formula is C9H19NOS. The molecule has 0 heterocycles. The normalized spacial score (nSPS) is 25.1. The molecule has 0 bridgehead atoms. The molecule has 0 unspecified atom stereocenters. The van der Waals surface area contributed by atoms with Crippen molar-refractivity contribution in [3.63, 3.8) is 0 Å². The molecule has 0 aliphatic heterocycles. The van der Waals surface area contributed by atoms with Gasteiger partial charge in [-0.1, -0.05) is 26.2 Å². The summed E-state index contributed by atoms with van der Waals surface area (Å²) >= 11 is 0. The van der Waals surface area contributed by atoms with Crippen molar-refractivity contribution < 1.29 is 4.21 Å². The molecule has 1 atom stereocenters. The minimum atomic E-state index is -2.23. The minimum absolute atomic E-state index is 0.214. The van der Waals surface area contributed by atoms with Gasteiger partial charge in [0.1, 0.15) is 0 Å². The smallest absolute Gasteiger partial charge is 0.0470 e. The lowest BCUT2D eigenvalue weighted by atomic mass is 10.0. The van der Waals surface area contributed by atoms with Crippen LogP contribution in [0.3, 0.4) is 0 Å². The quantitative estimate of drug-likeness (QED) is 0.728. The highest BCUT2D eigenvalue weighted by atomic mass is 32.2. The molecule has 1 aliphatic carbocycles. The highest BCUT2D eigenvalue weighted by molar-refractivity contribution is 7.93. The van der Waals surface area contributed by atoms with E-state index >= 15 is 0 Å². The van der Waals surface area contributed by atoms with Crippen LogP contribution in [0.15, 0.2) is 0 Å². The summed E-state index contributed by atoms with van der Waals surface area (Å²) in [6.07, 6.45) is 6.59. The van der Waals surface area contributed by atoms with Gasteiger partial charge in [-0.3, -0.25) is 4.78 Å². The second-order valence-electron chi connectivity index (χ2n) is 3.69. The third kappa shape index (κ3) is 2.47. The second-order valence-corrected chi connectivity index (χ2v) is 6.22. The van der Waals surface area contributed by atoms with Gasteiger partial charge in [0.25, 0.3) is 0 Å². The van der Waals surface area contributed by atoms with Gasteiger partial charge in [-0.2, -0.15) is 0 Å². The average Bonchev–Trinajstić information content (AvgIpc) is 2.06. The lowest BCUT2D eigenvalue weighted by molar-refractivity contribution is 0.501. The van der Waals surface area contributed by atoms with Crippen molar-refractivity contribution >= 4 is 9.73 Å². The van der Waals surface area contributed by atoms with Crippen molar-refractivity contribution in [2.45, 2.75) is 50.7 Å². The summed E-state index contributed by atoms with van der Waals surface area (Å²) in [5.74, 6) is 0.609. The number of nitrogens with one attached hydrogen (secondary N) is 1. The molecule has 0 aromatic rings. The van der Waals surface area contributed by atoms with Crippen LogP contribution in [0.25, 0.3) is 0 Å². The maximum atomic E-state index is 11.8. The van der Waals surface area contributed by atoms with Crippen LogP contribution in [0.1, 0.15) is 45.4 Å². The van der Waals surface area contributed by atoms with E-state index in [1.165, 1.54) is 19.3 Å². The molecule has 1 aliphatic rings. The van der Waals surface area contributed by atoms with Gasteiger partial charge in [-0.15, -0.1) is 0 Å². The second kappa shape index (κ2) is 4.26. The summed E-state index contributed by atoms with van der Waals surface area (Å²) in [5.41, 5.74) is 0. The highest BCUT2D eigenvalue weighted by Crippen LogP contribution is 2.24. The fourth-order valence-corrected chi connectivity index (χ4v) is 3.95. The summed E-state index contributed by atoms with van der Waals surface area (Å²) in [5, 5.41) is 0.214. The van der Waals surface area contributed by atoms with Gasteiger partial charge in [-0.25, -0.2) is 4.21 Å². The van der Waals surface area contributed by atoms with Crippen LogP contribution in [-0.4, -0.2) is 15.2 Å². The zero-order valence-electron chi connectivity index (χ0n) is 7.84. The molecule has 1 fully saturated rings. The predicted octanol–water partition coefficient (Wildman–Crippen LogP) is 2.78. The number of hydrogen-bond acceptors (Lipinski definition) is 2. The summed E-state index contributed by atoms with van der Waals surface area (Å²) in [4.78, 5) is 0. The number of rotatable bonds is 3. The molecule has 1 saturated carbocycles.